The van der Waals surface area contributed by atoms with Crippen molar-refractivity contribution in [2.45, 2.75) is 31.8 Å². The van der Waals surface area contributed by atoms with Gasteiger partial charge in [-0.05, 0) is 24.5 Å². The molecule has 2 bridgehead atoms. The predicted octanol–water partition coefficient (Wildman–Crippen LogP) is 1.19. The normalized spacial score (nSPS) is 23.7. The molecule has 4 nitrogen and oxygen atoms in total. The molecular weight excluding hydrogens is 276 g/mol. The second-order valence-electron chi connectivity index (χ2n) is 5.83. The average molecular weight is 295 g/mol. The molecular formula is C15H19F2N3O. The molecule has 0 aliphatic carbocycles. The molecule has 1 aromatic rings. The highest BCUT2D eigenvalue weighted by molar-refractivity contribution is 5.72. The second-order valence-corrected chi connectivity index (χ2v) is 5.83. The van der Waals surface area contributed by atoms with Crippen LogP contribution >= 0.6 is 0 Å². The topological polar surface area (TPSA) is 44.4 Å². The van der Waals surface area contributed by atoms with Crippen molar-refractivity contribution in [3.05, 3.63) is 29.3 Å². The minimum Gasteiger partial charge on any atom is -0.366 e. The van der Waals surface area contributed by atoms with Crippen LogP contribution in [-0.2, 0) is 11.2 Å². The number of piperazine rings is 1. The molecule has 3 heterocycles. The van der Waals surface area contributed by atoms with Crippen molar-refractivity contribution < 1.29 is 13.6 Å². The zero-order valence-electron chi connectivity index (χ0n) is 12.0. The van der Waals surface area contributed by atoms with E-state index in [1.54, 1.807) is 0 Å². The molecule has 0 aromatic heterocycles. The number of piperidine rings is 1. The number of halogens is 2. The van der Waals surface area contributed by atoms with Crippen molar-refractivity contribution in [3.63, 3.8) is 0 Å². The number of nitrogens with zero attached hydrogens (tertiary/aromatic N) is 1. The SMILES string of the molecule is CC(=O)NCCc1cc(F)c(N2CC3CC(C2)N3)cc1F. The van der Waals surface area contributed by atoms with Gasteiger partial charge in [0.2, 0.25) is 5.91 Å². The number of rotatable bonds is 4. The highest BCUT2D eigenvalue weighted by Gasteiger charge is 2.37. The third-order valence-corrected chi connectivity index (χ3v) is 4.15. The van der Waals surface area contributed by atoms with Crippen LogP contribution in [0.1, 0.15) is 18.9 Å². The van der Waals surface area contributed by atoms with Crippen LogP contribution in [0.5, 0.6) is 0 Å². The number of carbonyl (C=O) groups excluding carboxylic acids is 1. The lowest BCUT2D eigenvalue weighted by atomic mass is 9.91. The largest absolute Gasteiger partial charge is 0.366 e. The highest BCUT2D eigenvalue weighted by atomic mass is 19.1. The number of benzene rings is 1. The van der Waals surface area contributed by atoms with E-state index in [4.69, 9.17) is 0 Å². The first-order valence-electron chi connectivity index (χ1n) is 7.26. The Morgan fingerprint density at radius 3 is 2.62 bits per heavy atom. The van der Waals surface area contributed by atoms with E-state index in [0.29, 0.717) is 29.9 Å². The van der Waals surface area contributed by atoms with Crippen molar-refractivity contribution in [3.8, 4) is 0 Å². The molecule has 21 heavy (non-hydrogen) atoms. The van der Waals surface area contributed by atoms with Gasteiger partial charge in [-0.15, -0.1) is 0 Å². The number of hydrogen-bond donors (Lipinski definition) is 2. The van der Waals surface area contributed by atoms with Crippen molar-refractivity contribution in [1.29, 1.82) is 0 Å². The van der Waals surface area contributed by atoms with Gasteiger partial charge in [0, 0.05) is 44.7 Å². The van der Waals surface area contributed by atoms with Crippen molar-refractivity contribution in [2.75, 3.05) is 24.5 Å². The Labute approximate surface area is 122 Å². The fraction of sp³-hybridized carbons (Fsp3) is 0.533. The second kappa shape index (κ2) is 5.60. The summed E-state index contributed by atoms with van der Waals surface area (Å²) in [7, 11) is 0. The van der Waals surface area contributed by atoms with Gasteiger partial charge in [0.15, 0.2) is 0 Å². The summed E-state index contributed by atoms with van der Waals surface area (Å²) in [5.41, 5.74) is 0.636. The third kappa shape index (κ3) is 3.00. The maximum atomic E-state index is 14.2. The van der Waals surface area contributed by atoms with E-state index in [2.05, 4.69) is 10.6 Å². The molecule has 3 aliphatic rings. The molecule has 114 valence electrons. The Bertz CT molecular complexity index is 548. The van der Waals surface area contributed by atoms with Crippen molar-refractivity contribution in [2.24, 2.45) is 0 Å². The Morgan fingerprint density at radius 1 is 1.33 bits per heavy atom. The first-order valence-corrected chi connectivity index (χ1v) is 7.26. The first kappa shape index (κ1) is 14.3. The molecule has 2 N–H and O–H groups in total. The summed E-state index contributed by atoms with van der Waals surface area (Å²) in [6, 6.07) is 3.32. The predicted molar refractivity (Wildman–Crippen MR) is 76.3 cm³/mol. The Hall–Kier alpha value is -1.69. The third-order valence-electron chi connectivity index (χ3n) is 4.15. The van der Waals surface area contributed by atoms with Crippen LogP contribution in [0.3, 0.4) is 0 Å². The first-order chi connectivity index (χ1) is 10.0. The summed E-state index contributed by atoms with van der Waals surface area (Å²) < 4.78 is 28.3. The van der Waals surface area contributed by atoms with E-state index < -0.39 is 11.6 Å². The lowest BCUT2D eigenvalue weighted by Crippen LogP contribution is -2.67. The van der Waals surface area contributed by atoms with Crippen LogP contribution in [0.25, 0.3) is 0 Å². The van der Waals surface area contributed by atoms with Gasteiger partial charge in [0.1, 0.15) is 11.6 Å². The molecule has 3 saturated heterocycles. The number of fused-ring (bicyclic) bond motifs is 2. The van der Waals surface area contributed by atoms with Gasteiger partial charge < -0.3 is 15.5 Å². The highest BCUT2D eigenvalue weighted by Crippen LogP contribution is 2.29. The van der Waals surface area contributed by atoms with Crippen LogP contribution < -0.4 is 15.5 Å². The fourth-order valence-electron chi connectivity index (χ4n) is 3.09. The van der Waals surface area contributed by atoms with Gasteiger partial charge >= 0.3 is 0 Å². The Morgan fingerprint density at radius 2 is 2.00 bits per heavy atom. The zero-order chi connectivity index (χ0) is 15.0. The van der Waals surface area contributed by atoms with Crippen LogP contribution in [0.15, 0.2) is 12.1 Å². The molecule has 0 saturated carbocycles. The molecule has 4 rings (SSSR count). The molecule has 1 aromatic carbocycles. The van der Waals surface area contributed by atoms with Gasteiger partial charge in [-0.2, -0.15) is 0 Å². The van der Waals surface area contributed by atoms with E-state index in [0.717, 1.165) is 19.5 Å². The summed E-state index contributed by atoms with van der Waals surface area (Å²) in [4.78, 5) is 12.7. The maximum Gasteiger partial charge on any atom is 0.216 e. The van der Waals surface area contributed by atoms with E-state index in [1.165, 1.54) is 19.1 Å². The van der Waals surface area contributed by atoms with Crippen molar-refractivity contribution in [1.82, 2.24) is 10.6 Å². The molecule has 3 fully saturated rings. The van der Waals surface area contributed by atoms with Gasteiger partial charge in [-0.1, -0.05) is 0 Å². The minimum absolute atomic E-state index is 0.174. The van der Waals surface area contributed by atoms with Crippen LogP contribution in [0.2, 0.25) is 0 Å². The summed E-state index contributed by atoms with van der Waals surface area (Å²) >= 11 is 0. The molecule has 2 unspecified atom stereocenters. The lowest BCUT2D eigenvalue weighted by molar-refractivity contribution is -0.118. The summed E-state index contributed by atoms with van der Waals surface area (Å²) in [6.45, 7) is 3.15. The summed E-state index contributed by atoms with van der Waals surface area (Å²) in [5, 5.41) is 5.95. The molecule has 2 atom stereocenters. The standard InChI is InChI=1S/C15H19F2N3O/c1-9(21)18-3-2-10-4-14(17)15(6-13(10)16)20-7-11-5-12(8-20)19-11/h4,6,11-12,19H,2-3,5,7-8H2,1H3,(H,18,21). The van der Waals surface area contributed by atoms with Gasteiger partial charge in [-0.25, -0.2) is 8.78 Å². The molecule has 0 spiro atoms. The fourth-order valence-corrected chi connectivity index (χ4v) is 3.09. The number of nitrogens with one attached hydrogen (secondary N) is 2. The zero-order valence-corrected chi connectivity index (χ0v) is 12.0. The Balaban J connectivity index is 1.71. The van der Waals surface area contributed by atoms with E-state index in [-0.39, 0.29) is 12.3 Å². The Kier molecular flexibility index (Phi) is 3.80. The van der Waals surface area contributed by atoms with Crippen LogP contribution in [0, 0.1) is 11.6 Å². The number of anilines is 1. The van der Waals surface area contributed by atoms with E-state index in [9.17, 15) is 13.6 Å². The quantitative estimate of drug-likeness (QED) is 0.877. The van der Waals surface area contributed by atoms with E-state index in [1.807, 2.05) is 4.90 Å². The summed E-state index contributed by atoms with van der Waals surface area (Å²) in [5.74, 6) is -0.980. The van der Waals surface area contributed by atoms with E-state index >= 15 is 0 Å². The molecule has 3 aliphatic heterocycles. The van der Waals surface area contributed by atoms with Gasteiger partial charge in [-0.3, -0.25) is 4.79 Å². The summed E-state index contributed by atoms with van der Waals surface area (Å²) in [6.07, 6.45) is 1.41. The van der Waals surface area contributed by atoms with Crippen LogP contribution in [0.4, 0.5) is 14.5 Å². The lowest BCUT2D eigenvalue weighted by Gasteiger charge is -2.49. The molecule has 0 radical (unpaired) electrons. The maximum absolute atomic E-state index is 14.2. The minimum atomic E-state index is -0.413. The number of hydrogen-bond acceptors (Lipinski definition) is 3. The van der Waals surface area contributed by atoms with Gasteiger partial charge in [0.25, 0.3) is 0 Å². The van der Waals surface area contributed by atoms with Gasteiger partial charge in [0.05, 0.1) is 5.69 Å². The number of amides is 1. The van der Waals surface area contributed by atoms with Crippen LogP contribution in [-0.4, -0.2) is 37.6 Å². The monoisotopic (exact) mass is 295 g/mol. The molecule has 6 heteroatoms. The molecule has 1 amide bonds. The number of carbonyl (C=O) groups is 1. The van der Waals surface area contributed by atoms with Crippen molar-refractivity contribution >= 4 is 11.6 Å². The average Bonchev–Trinajstić information content (AvgIpc) is 2.41. The smallest absolute Gasteiger partial charge is 0.216 e.